The van der Waals surface area contributed by atoms with Gasteiger partial charge in [-0.3, -0.25) is 9.89 Å². The summed E-state index contributed by atoms with van der Waals surface area (Å²) >= 11 is 0. The third-order valence-corrected chi connectivity index (χ3v) is 5.19. The number of rotatable bonds is 3. The van der Waals surface area contributed by atoms with Gasteiger partial charge in [-0.2, -0.15) is 0 Å². The van der Waals surface area contributed by atoms with E-state index >= 15 is 0 Å². The summed E-state index contributed by atoms with van der Waals surface area (Å²) in [5.74, 6) is 0.247. The summed E-state index contributed by atoms with van der Waals surface area (Å²) in [7, 11) is 0. The number of piperidine rings is 1. The molecule has 0 aromatic heterocycles. The molecule has 4 rings (SSSR count). The molecule has 0 aliphatic carbocycles. The van der Waals surface area contributed by atoms with Crippen molar-refractivity contribution in [2.24, 2.45) is 10.7 Å². The summed E-state index contributed by atoms with van der Waals surface area (Å²) in [5, 5.41) is 0. The highest BCUT2D eigenvalue weighted by atomic mass is 19.1. The third kappa shape index (κ3) is 3.12. The molecule has 0 radical (unpaired) electrons. The molecule has 0 amide bonds. The molecule has 0 saturated carbocycles. The molecule has 4 nitrogen and oxygen atoms in total. The van der Waals surface area contributed by atoms with Gasteiger partial charge in [0.05, 0.1) is 12.1 Å². The van der Waals surface area contributed by atoms with E-state index in [-0.39, 0.29) is 11.4 Å². The molecule has 1 atom stereocenters. The van der Waals surface area contributed by atoms with Crippen LogP contribution in [0, 0.1) is 5.82 Å². The molecule has 2 aromatic rings. The van der Waals surface area contributed by atoms with Crippen molar-refractivity contribution >= 4 is 11.6 Å². The summed E-state index contributed by atoms with van der Waals surface area (Å²) in [6.45, 7) is 3.52. The molecule has 2 heterocycles. The van der Waals surface area contributed by atoms with Crippen LogP contribution in [0.15, 0.2) is 59.6 Å². The zero-order chi connectivity index (χ0) is 17.3. The zero-order valence-electron chi connectivity index (χ0n) is 14.2. The lowest BCUT2D eigenvalue weighted by Crippen LogP contribution is -2.60. The summed E-state index contributed by atoms with van der Waals surface area (Å²) in [6.07, 6.45) is 2.10. The Kier molecular flexibility index (Phi) is 4.17. The first-order chi connectivity index (χ1) is 12.2. The van der Waals surface area contributed by atoms with E-state index in [2.05, 4.69) is 34.2 Å². The standard InChI is InChI=1S/C20H23FN4/c21-17-8-4-9-18(12-17)25-19(22)23-14-20(25)10-5-11-24(15-20)13-16-6-2-1-3-7-16/h1-4,6-9,12H,5,10-11,13-15H2,(H2,22,23). The Morgan fingerprint density at radius 1 is 1.12 bits per heavy atom. The van der Waals surface area contributed by atoms with E-state index in [1.807, 2.05) is 17.0 Å². The number of halogens is 1. The predicted molar refractivity (Wildman–Crippen MR) is 99.1 cm³/mol. The molecule has 2 aliphatic rings. The summed E-state index contributed by atoms with van der Waals surface area (Å²) in [5.41, 5.74) is 8.12. The van der Waals surface area contributed by atoms with E-state index in [1.54, 1.807) is 12.1 Å². The van der Waals surface area contributed by atoms with Crippen LogP contribution in [-0.4, -0.2) is 36.0 Å². The molecule has 1 spiro atoms. The van der Waals surface area contributed by atoms with Gasteiger partial charge in [0.25, 0.3) is 0 Å². The van der Waals surface area contributed by atoms with Crippen LogP contribution in [-0.2, 0) is 6.54 Å². The number of nitrogens with two attached hydrogens (primary N) is 1. The Morgan fingerprint density at radius 2 is 1.96 bits per heavy atom. The number of aliphatic imine (C=N–C) groups is 1. The molecular formula is C20H23FN4. The van der Waals surface area contributed by atoms with Gasteiger partial charge in [0.15, 0.2) is 5.96 Å². The van der Waals surface area contributed by atoms with Crippen molar-refractivity contribution in [3.8, 4) is 0 Å². The van der Waals surface area contributed by atoms with Crippen LogP contribution in [0.1, 0.15) is 18.4 Å². The van der Waals surface area contributed by atoms with Crippen LogP contribution >= 0.6 is 0 Å². The van der Waals surface area contributed by atoms with Gasteiger partial charge in [0, 0.05) is 18.8 Å². The highest BCUT2D eigenvalue weighted by molar-refractivity contribution is 5.98. The zero-order valence-corrected chi connectivity index (χ0v) is 14.2. The first-order valence-electron chi connectivity index (χ1n) is 8.78. The Balaban J connectivity index is 1.59. The van der Waals surface area contributed by atoms with Crippen molar-refractivity contribution in [2.45, 2.75) is 24.9 Å². The Hall–Kier alpha value is -2.40. The fraction of sp³-hybridized carbons (Fsp3) is 0.350. The number of nitrogens with zero attached hydrogens (tertiary/aromatic N) is 3. The monoisotopic (exact) mass is 338 g/mol. The Labute approximate surface area is 147 Å². The fourth-order valence-electron chi connectivity index (χ4n) is 4.13. The molecule has 130 valence electrons. The van der Waals surface area contributed by atoms with Crippen LogP contribution in [0.25, 0.3) is 0 Å². The number of benzene rings is 2. The topological polar surface area (TPSA) is 44.9 Å². The molecule has 2 aliphatic heterocycles. The predicted octanol–water partition coefficient (Wildman–Crippen LogP) is 3.00. The first kappa shape index (κ1) is 16.1. The minimum absolute atomic E-state index is 0.176. The minimum atomic E-state index is -0.246. The van der Waals surface area contributed by atoms with Gasteiger partial charge in [-0.15, -0.1) is 0 Å². The highest BCUT2D eigenvalue weighted by Crippen LogP contribution is 2.36. The van der Waals surface area contributed by atoms with Crippen molar-refractivity contribution in [1.82, 2.24) is 4.90 Å². The van der Waals surface area contributed by atoms with Crippen molar-refractivity contribution in [3.05, 3.63) is 66.0 Å². The molecule has 1 unspecified atom stereocenters. The van der Waals surface area contributed by atoms with E-state index in [1.165, 1.54) is 11.6 Å². The number of hydrogen-bond donors (Lipinski definition) is 1. The molecule has 0 bridgehead atoms. The fourth-order valence-corrected chi connectivity index (χ4v) is 4.13. The van der Waals surface area contributed by atoms with Gasteiger partial charge >= 0.3 is 0 Å². The van der Waals surface area contributed by atoms with Crippen LogP contribution in [0.2, 0.25) is 0 Å². The summed E-state index contributed by atoms with van der Waals surface area (Å²) in [6, 6.07) is 17.2. The lowest BCUT2D eigenvalue weighted by Gasteiger charge is -2.46. The number of hydrogen-bond acceptors (Lipinski definition) is 4. The van der Waals surface area contributed by atoms with Gasteiger partial charge in [-0.05, 0) is 43.1 Å². The minimum Gasteiger partial charge on any atom is -0.369 e. The quantitative estimate of drug-likeness (QED) is 0.936. The molecular weight excluding hydrogens is 315 g/mol. The van der Waals surface area contributed by atoms with Crippen molar-refractivity contribution in [2.75, 3.05) is 24.5 Å². The highest BCUT2D eigenvalue weighted by Gasteiger charge is 2.45. The number of anilines is 1. The largest absolute Gasteiger partial charge is 0.369 e. The van der Waals surface area contributed by atoms with Crippen LogP contribution in [0.3, 0.4) is 0 Å². The Bertz CT molecular complexity index is 776. The van der Waals surface area contributed by atoms with Crippen LogP contribution in [0.4, 0.5) is 10.1 Å². The third-order valence-electron chi connectivity index (χ3n) is 5.19. The second-order valence-electron chi connectivity index (χ2n) is 7.01. The smallest absolute Gasteiger partial charge is 0.196 e. The number of likely N-dealkylation sites (tertiary alicyclic amines) is 1. The van der Waals surface area contributed by atoms with Crippen molar-refractivity contribution in [3.63, 3.8) is 0 Å². The van der Waals surface area contributed by atoms with Gasteiger partial charge in [-0.1, -0.05) is 36.4 Å². The van der Waals surface area contributed by atoms with Crippen LogP contribution < -0.4 is 10.6 Å². The van der Waals surface area contributed by atoms with Crippen molar-refractivity contribution < 1.29 is 4.39 Å². The molecule has 2 aromatic carbocycles. The maximum atomic E-state index is 13.7. The molecule has 2 N–H and O–H groups in total. The Morgan fingerprint density at radius 3 is 2.76 bits per heavy atom. The number of guanidine groups is 1. The average molecular weight is 338 g/mol. The average Bonchev–Trinajstić information content (AvgIpc) is 2.91. The lowest BCUT2D eigenvalue weighted by molar-refractivity contribution is 0.153. The lowest BCUT2D eigenvalue weighted by atomic mass is 9.87. The molecule has 1 fully saturated rings. The molecule has 5 heteroatoms. The maximum Gasteiger partial charge on any atom is 0.196 e. The maximum absolute atomic E-state index is 13.7. The van der Waals surface area contributed by atoms with Gasteiger partial charge in [0.2, 0.25) is 0 Å². The van der Waals surface area contributed by atoms with E-state index in [0.717, 1.165) is 38.2 Å². The molecule has 1 saturated heterocycles. The van der Waals surface area contributed by atoms with Gasteiger partial charge < -0.3 is 10.6 Å². The first-order valence-corrected chi connectivity index (χ1v) is 8.78. The van der Waals surface area contributed by atoms with E-state index in [4.69, 9.17) is 5.73 Å². The SMILES string of the molecule is NC1=NCC2(CCCN(Cc3ccccc3)C2)N1c1cccc(F)c1. The summed E-state index contributed by atoms with van der Waals surface area (Å²) in [4.78, 5) is 9.02. The normalized spacial score (nSPS) is 23.9. The van der Waals surface area contributed by atoms with Crippen molar-refractivity contribution in [1.29, 1.82) is 0 Å². The van der Waals surface area contributed by atoms with Gasteiger partial charge in [0.1, 0.15) is 5.82 Å². The van der Waals surface area contributed by atoms with Crippen LogP contribution in [0.5, 0.6) is 0 Å². The summed E-state index contributed by atoms with van der Waals surface area (Å²) < 4.78 is 13.7. The van der Waals surface area contributed by atoms with E-state index < -0.39 is 0 Å². The van der Waals surface area contributed by atoms with Gasteiger partial charge in [-0.25, -0.2) is 4.39 Å². The molecule has 25 heavy (non-hydrogen) atoms. The second-order valence-corrected chi connectivity index (χ2v) is 7.01. The second kappa shape index (κ2) is 6.48. The van der Waals surface area contributed by atoms with E-state index in [0.29, 0.717) is 12.5 Å². The van der Waals surface area contributed by atoms with E-state index in [9.17, 15) is 4.39 Å².